The Morgan fingerprint density at radius 1 is 0.882 bits per heavy atom. The minimum atomic E-state index is -1.19. The zero-order chi connectivity index (χ0) is 47.6. The van der Waals surface area contributed by atoms with Crippen molar-refractivity contribution in [3.05, 3.63) is 98.3 Å². The molecule has 3 saturated heterocycles. The van der Waals surface area contributed by atoms with E-state index in [0.29, 0.717) is 80.7 Å². The summed E-state index contributed by atoms with van der Waals surface area (Å²) in [5, 5.41) is 5.99. The third-order valence-corrected chi connectivity index (χ3v) is 17.5. The maximum Gasteiger partial charge on any atom is 0.255 e. The fourth-order valence-electron chi connectivity index (χ4n) is 13.3. The summed E-state index contributed by atoms with van der Waals surface area (Å²) in [4.78, 5) is 89.5. The second-order valence-corrected chi connectivity index (χ2v) is 21.1. The third kappa shape index (κ3) is 7.70. The number of likely N-dealkylation sites (N-methyl/N-ethyl adjacent to an activating group) is 2. The summed E-state index contributed by atoms with van der Waals surface area (Å²) < 4.78 is 16.6. The highest BCUT2D eigenvalue weighted by molar-refractivity contribution is 6.31. The lowest BCUT2D eigenvalue weighted by molar-refractivity contribution is -0.141. The van der Waals surface area contributed by atoms with Crippen LogP contribution in [-0.2, 0) is 36.9 Å². The molecule has 5 fully saturated rings. The number of carbonyl (C=O) groups is 6. The van der Waals surface area contributed by atoms with E-state index in [1.807, 2.05) is 42.1 Å². The van der Waals surface area contributed by atoms with E-state index in [2.05, 4.69) is 27.4 Å². The van der Waals surface area contributed by atoms with Crippen LogP contribution in [0.4, 0.5) is 10.1 Å². The van der Waals surface area contributed by atoms with Crippen molar-refractivity contribution in [1.29, 1.82) is 0 Å². The molecule has 1 unspecified atom stereocenters. The lowest BCUT2D eigenvalue weighted by Gasteiger charge is -2.53. The van der Waals surface area contributed by atoms with E-state index < -0.39 is 40.7 Å². The summed E-state index contributed by atoms with van der Waals surface area (Å²) in [5.41, 5.74) is 1.95. The standard InChI is InChI=1S/C53H57Cl2FN6O6/c1-59(50(67)46-44(38-10-7-11-40(55)45(38)56)53(52(60(46)2)24-4-3-5-25-52)29-34-14-17-35(54)28-41(34)57-51(53)68)36-18-15-33(16-19-36)48(65)61-26-22-31(23-27-61)12-13-32-8-6-9-37-39(32)30-62(49(37)66)42-20-21-43(63)58-47(42)64/h6-11,14,17,28,31,33,36,42,44,46H,3-5,15-16,18-27,29-30H2,1-2H3,(H,57,68)(H,58,63,64)/t33?,36?,42?,44-,46+,53+/m0/s1. The summed E-state index contributed by atoms with van der Waals surface area (Å²) in [6.45, 7) is 1.45. The Morgan fingerprint density at radius 3 is 2.35 bits per heavy atom. The highest BCUT2D eigenvalue weighted by Crippen LogP contribution is 2.65. The molecule has 0 aromatic heterocycles. The number of rotatable bonds is 5. The molecule has 2 spiro atoms. The highest BCUT2D eigenvalue weighted by atomic mass is 35.5. The van der Waals surface area contributed by atoms with Gasteiger partial charge in [0.1, 0.15) is 11.9 Å². The second-order valence-electron chi connectivity index (χ2n) is 20.2. The molecule has 2 saturated carbocycles. The Bertz CT molecular complexity index is 2660. The van der Waals surface area contributed by atoms with Crippen molar-refractivity contribution in [3.63, 3.8) is 0 Å². The van der Waals surface area contributed by atoms with Crippen LogP contribution in [0.5, 0.6) is 0 Å². The van der Waals surface area contributed by atoms with Crippen molar-refractivity contribution < 1.29 is 33.2 Å². The quantitative estimate of drug-likeness (QED) is 0.200. The van der Waals surface area contributed by atoms with Crippen molar-refractivity contribution in [2.24, 2.45) is 17.3 Å². The molecule has 0 radical (unpaired) electrons. The lowest BCUT2D eigenvalue weighted by Crippen LogP contribution is -2.62. The number of halogens is 3. The minimum Gasteiger partial charge on any atom is -0.342 e. The van der Waals surface area contributed by atoms with Gasteiger partial charge in [-0.05, 0) is 118 Å². The molecule has 3 aromatic carbocycles. The van der Waals surface area contributed by atoms with Crippen LogP contribution >= 0.6 is 23.2 Å². The Kier molecular flexibility index (Phi) is 12.4. The number of benzene rings is 3. The Labute approximate surface area is 406 Å². The van der Waals surface area contributed by atoms with Gasteiger partial charge < -0.3 is 20.0 Å². The van der Waals surface area contributed by atoms with Crippen molar-refractivity contribution in [2.45, 2.75) is 126 Å². The first kappa shape index (κ1) is 46.4. The molecular weight excluding hydrogens is 907 g/mol. The number of hydrogen-bond donors (Lipinski definition) is 2. The van der Waals surface area contributed by atoms with Gasteiger partial charge in [0.2, 0.25) is 29.5 Å². The van der Waals surface area contributed by atoms with Crippen LogP contribution in [0.1, 0.15) is 122 Å². The van der Waals surface area contributed by atoms with Gasteiger partial charge in [0.25, 0.3) is 5.91 Å². The number of piperidine rings is 2. The zero-order valence-electron chi connectivity index (χ0n) is 38.6. The summed E-state index contributed by atoms with van der Waals surface area (Å²) >= 11 is 12.9. The number of hydrogen-bond acceptors (Lipinski definition) is 7. The molecule has 6 amide bonds. The van der Waals surface area contributed by atoms with Crippen LogP contribution < -0.4 is 10.6 Å². The Hall–Kier alpha value is -5.29. The van der Waals surface area contributed by atoms with Crippen molar-refractivity contribution in [1.82, 2.24) is 24.9 Å². The van der Waals surface area contributed by atoms with Gasteiger partial charge >= 0.3 is 0 Å². The number of likely N-dealkylation sites (tertiary alicyclic amines) is 2. The van der Waals surface area contributed by atoms with Gasteiger partial charge in [-0.3, -0.25) is 39.0 Å². The number of amides is 6. The monoisotopic (exact) mass is 962 g/mol. The zero-order valence-corrected chi connectivity index (χ0v) is 40.1. The normalized spacial score (nSPS) is 28.2. The smallest absolute Gasteiger partial charge is 0.255 e. The molecule has 4 atom stereocenters. The van der Waals surface area contributed by atoms with Crippen LogP contribution in [0.15, 0.2) is 54.6 Å². The lowest BCUT2D eigenvalue weighted by atomic mass is 9.54. The average molecular weight is 964 g/mol. The summed E-state index contributed by atoms with van der Waals surface area (Å²) in [6, 6.07) is 14.2. The van der Waals surface area contributed by atoms with Gasteiger partial charge in [-0.1, -0.05) is 78.6 Å². The summed E-state index contributed by atoms with van der Waals surface area (Å²) in [6.07, 6.45) is 8.97. The van der Waals surface area contributed by atoms with Crippen LogP contribution in [-0.4, -0.2) is 106 Å². The first-order valence-electron chi connectivity index (χ1n) is 24.3. The Balaban J connectivity index is 0.811. The van der Waals surface area contributed by atoms with E-state index in [1.54, 1.807) is 30.3 Å². The van der Waals surface area contributed by atoms with Crippen LogP contribution in [0.2, 0.25) is 10.0 Å². The molecular formula is C53H57Cl2FN6O6. The van der Waals surface area contributed by atoms with E-state index in [4.69, 9.17) is 23.2 Å². The molecule has 5 heterocycles. The molecule has 68 heavy (non-hydrogen) atoms. The Morgan fingerprint density at radius 2 is 1.62 bits per heavy atom. The number of fused-ring (bicyclic) bond motifs is 3. The molecule has 3 aromatic rings. The van der Waals surface area contributed by atoms with Gasteiger partial charge in [0, 0.05) is 84.3 Å². The van der Waals surface area contributed by atoms with Crippen molar-refractivity contribution in [3.8, 4) is 11.8 Å². The number of carbonyl (C=O) groups excluding carboxylic acids is 6. The average Bonchev–Trinajstić information content (AvgIpc) is 3.77. The first-order chi connectivity index (χ1) is 32.7. The molecule has 7 aliphatic rings. The van der Waals surface area contributed by atoms with Gasteiger partial charge in [0.15, 0.2) is 0 Å². The third-order valence-electron chi connectivity index (χ3n) is 17.0. The molecule has 10 rings (SSSR count). The number of anilines is 1. The van der Waals surface area contributed by atoms with E-state index in [0.717, 1.165) is 48.8 Å². The second kappa shape index (κ2) is 18.2. The van der Waals surface area contributed by atoms with Gasteiger partial charge in [-0.15, -0.1) is 0 Å². The summed E-state index contributed by atoms with van der Waals surface area (Å²) in [5.74, 6) is 3.94. The SMILES string of the molecule is CN(C(=O)[C@H]1[C@H](c2cccc(Cl)c2F)[C@@]2(Cc3ccc(Cl)cc3NC2=O)C2(CCCCC2)N1C)C1CCC(C(=O)N2CCC(C#Cc3cccc4c3CN(C3CCC(=O)NC3=O)C4=O)CC2)CC1. The number of nitrogens with one attached hydrogen (secondary N) is 2. The fourth-order valence-corrected chi connectivity index (χ4v) is 13.7. The van der Waals surface area contributed by atoms with Gasteiger partial charge in [0.05, 0.1) is 16.5 Å². The largest absolute Gasteiger partial charge is 0.342 e. The molecule has 5 aliphatic heterocycles. The molecule has 2 N–H and O–H groups in total. The van der Waals surface area contributed by atoms with Gasteiger partial charge in [-0.25, -0.2) is 4.39 Å². The van der Waals surface area contributed by atoms with Crippen LogP contribution in [0, 0.1) is 34.9 Å². The highest BCUT2D eigenvalue weighted by Gasteiger charge is 2.73. The van der Waals surface area contributed by atoms with Crippen LogP contribution in [0.3, 0.4) is 0 Å². The first-order valence-corrected chi connectivity index (χ1v) is 25.1. The predicted octanol–water partition coefficient (Wildman–Crippen LogP) is 7.48. The van der Waals surface area contributed by atoms with E-state index in [1.165, 1.54) is 11.0 Å². The van der Waals surface area contributed by atoms with Crippen molar-refractivity contribution in [2.75, 3.05) is 32.5 Å². The molecule has 0 bridgehead atoms. The number of nitrogens with zero attached hydrogens (tertiary/aromatic N) is 4. The van der Waals surface area contributed by atoms with E-state index in [9.17, 15) is 19.2 Å². The molecule has 2 aliphatic carbocycles. The fraction of sp³-hybridized carbons (Fsp3) is 0.509. The molecule has 356 valence electrons. The predicted molar refractivity (Wildman–Crippen MR) is 255 cm³/mol. The van der Waals surface area contributed by atoms with Gasteiger partial charge in [-0.2, -0.15) is 0 Å². The van der Waals surface area contributed by atoms with E-state index in [-0.39, 0.29) is 71.0 Å². The topological polar surface area (TPSA) is 139 Å². The maximum absolute atomic E-state index is 16.6. The van der Waals surface area contributed by atoms with E-state index >= 15 is 14.0 Å². The molecule has 15 heteroatoms. The number of imide groups is 1. The molecule has 12 nitrogen and oxygen atoms in total. The summed E-state index contributed by atoms with van der Waals surface area (Å²) in [7, 11) is 3.78. The van der Waals surface area contributed by atoms with Crippen molar-refractivity contribution >= 4 is 64.3 Å². The maximum atomic E-state index is 16.6. The van der Waals surface area contributed by atoms with Crippen LogP contribution in [0.25, 0.3) is 0 Å². The minimum absolute atomic E-state index is 0.0524.